The van der Waals surface area contributed by atoms with Crippen molar-refractivity contribution in [1.82, 2.24) is 5.32 Å². The zero-order valence-electron chi connectivity index (χ0n) is 19.3. The number of aryl methyl sites for hydroxylation is 2. The number of nitrogens with one attached hydrogen (secondary N) is 1. The molecule has 0 aromatic heterocycles. The van der Waals surface area contributed by atoms with E-state index in [1.54, 1.807) is 19.2 Å². The fraction of sp³-hybridized carbons (Fsp3) is 0.296. The fourth-order valence-corrected chi connectivity index (χ4v) is 5.34. The van der Waals surface area contributed by atoms with E-state index in [1.807, 2.05) is 54.6 Å². The van der Waals surface area contributed by atoms with Crippen molar-refractivity contribution in [2.24, 2.45) is 0 Å². The summed E-state index contributed by atoms with van der Waals surface area (Å²) in [5.41, 5.74) is 4.22. The van der Waals surface area contributed by atoms with Gasteiger partial charge in [0.05, 0.1) is 17.8 Å². The van der Waals surface area contributed by atoms with E-state index in [1.165, 1.54) is 5.56 Å². The molecule has 0 heterocycles. The highest BCUT2D eigenvalue weighted by molar-refractivity contribution is 7.91. The Balaban J connectivity index is 1.29. The maximum atomic E-state index is 12.7. The third kappa shape index (κ3) is 5.97. The first-order chi connectivity index (χ1) is 16.4. The largest absolute Gasteiger partial charge is 0.493 e. The van der Waals surface area contributed by atoms with Crippen molar-refractivity contribution in [2.45, 2.75) is 43.7 Å². The number of benzene rings is 3. The van der Waals surface area contributed by atoms with Crippen LogP contribution in [0.2, 0.25) is 0 Å². The van der Waals surface area contributed by atoms with Crippen LogP contribution in [0.15, 0.2) is 71.6 Å². The number of fused-ring (bicyclic) bond motifs is 1. The van der Waals surface area contributed by atoms with Crippen LogP contribution in [0.5, 0.6) is 11.5 Å². The van der Waals surface area contributed by atoms with E-state index in [9.17, 15) is 13.2 Å². The summed E-state index contributed by atoms with van der Waals surface area (Å²) in [6, 6.07) is 20.6. The molecule has 0 spiro atoms. The molecule has 0 aliphatic heterocycles. The highest BCUT2D eigenvalue weighted by Gasteiger charge is 2.20. The van der Waals surface area contributed by atoms with Crippen molar-refractivity contribution >= 4 is 15.7 Å². The van der Waals surface area contributed by atoms with E-state index in [0.717, 1.165) is 36.0 Å². The molecule has 0 fully saturated rings. The molecule has 0 saturated heterocycles. The van der Waals surface area contributed by atoms with Gasteiger partial charge < -0.3 is 14.8 Å². The van der Waals surface area contributed by atoms with Gasteiger partial charge in [-0.05, 0) is 65.8 Å². The van der Waals surface area contributed by atoms with Gasteiger partial charge in [-0.1, -0.05) is 42.5 Å². The topological polar surface area (TPSA) is 81.7 Å². The lowest BCUT2D eigenvalue weighted by Crippen LogP contribution is -2.25. The molecule has 0 atom stereocenters. The zero-order valence-corrected chi connectivity index (χ0v) is 20.1. The van der Waals surface area contributed by atoms with Gasteiger partial charge in [0, 0.05) is 13.0 Å². The average Bonchev–Trinajstić information content (AvgIpc) is 3.34. The molecule has 178 valence electrons. The molecular formula is C27H29NO5S. The summed E-state index contributed by atoms with van der Waals surface area (Å²) in [5.74, 6) is 0.657. The minimum absolute atomic E-state index is 0.0885. The molecule has 3 aromatic carbocycles. The summed E-state index contributed by atoms with van der Waals surface area (Å²) in [6.07, 6.45) is 2.89. The normalized spacial score (nSPS) is 12.7. The summed E-state index contributed by atoms with van der Waals surface area (Å²) in [7, 11) is -1.94. The maximum Gasteiger partial charge on any atom is 0.221 e. The van der Waals surface area contributed by atoms with Gasteiger partial charge in [-0.15, -0.1) is 0 Å². The van der Waals surface area contributed by atoms with Crippen molar-refractivity contribution in [3.05, 3.63) is 89.0 Å². The Bertz CT molecular complexity index is 1260. The number of methoxy groups -OCH3 is 1. The number of carbonyl (C=O) groups excluding carboxylic acids is 1. The summed E-state index contributed by atoms with van der Waals surface area (Å²) in [5, 5.41) is 2.79. The van der Waals surface area contributed by atoms with Gasteiger partial charge in [-0.3, -0.25) is 4.79 Å². The first kappa shape index (κ1) is 23.8. The molecule has 1 amide bonds. The Morgan fingerprint density at radius 3 is 2.50 bits per heavy atom. The Kier molecular flexibility index (Phi) is 7.53. The van der Waals surface area contributed by atoms with Crippen LogP contribution in [-0.4, -0.2) is 27.2 Å². The van der Waals surface area contributed by atoms with E-state index in [4.69, 9.17) is 9.47 Å². The van der Waals surface area contributed by atoms with E-state index < -0.39 is 9.84 Å². The van der Waals surface area contributed by atoms with Crippen molar-refractivity contribution in [3.8, 4) is 11.5 Å². The van der Waals surface area contributed by atoms with Gasteiger partial charge >= 0.3 is 0 Å². The SMILES string of the molecule is COc1cc(CNC(=O)CCS(=O)(=O)c2ccc3c(c2)CCC3)ccc1OCc1ccccc1. The van der Waals surface area contributed by atoms with Crippen molar-refractivity contribution in [3.63, 3.8) is 0 Å². The molecule has 0 unspecified atom stereocenters. The molecule has 0 radical (unpaired) electrons. The summed E-state index contributed by atoms with van der Waals surface area (Å²) >= 11 is 0. The minimum Gasteiger partial charge on any atom is -0.493 e. The van der Waals surface area contributed by atoms with Gasteiger partial charge in [0.1, 0.15) is 6.61 Å². The number of hydrogen-bond donors (Lipinski definition) is 1. The summed E-state index contributed by atoms with van der Waals surface area (Å²) < 4.78 is 36.7. The Labute approximate surface area is 200 Å². The van der Waals surface area contributed by atoms with Gasteiger partial charge in [0.15, 0.2) is 21.3 Å². The molecular weight excluding hydrogens is 450 g/mol. The average molecular weight is 480 g/mol. The van der Waals surface area contributed by atoms with Crippen LogP contribution >= 0.6 is 0 Å². The quantitative estimate of drug-likeness (QED) is 0.470. The van der Waals surface area contributed by atoms with Gasteiger partial charge in [0.2, 0.25) is 5.91 Å². The van der Waals surface area contributed by atoms with E-state index in [0.29, 0.717) is 23.0 Å². The first-order valence-corrected chi connectivity index (χ1v) is 13.0. The number of hydrogen-bond acceptors (Lipinski definition) is 5. The van der Waals surface area contributed by atoms with Crippen LogP contribution in [0, 0.1) is 0 Å². The van der Waals surface area contributed by atoms with Crippen LogP contribution in [0.4, 0.5) is 0 Å². The lowest BCUT2D eigenvalue weighted by atomic mass is 10.1. The van der Waals surface area contributed by atoms with Crippen molar-refractivity contribution < 1.29 is 22.7 Å². The predicted octanol–water partition coefficient (Wildman–Crippen LogP) is 4.24. The van der Waals surface area contributed by atoms with Crippen LogP contribution in [0.25, 0.3) is 0 Å². The second-order valence-corrected chi connectivity index (χ2v) is 10.5. The molecule has 7 heteroatoms. The molecule has 1 aliphatic carbocycles. The van der Waals surface area contributed by atoms with Crippen molar-refractivity contribution in [1.29, 1.82) is 0 Å². The molecule has 4 rings (SSSR count). The third-order valence-electron chi connectivity index (χ3n) is 5.98. The fourth-order valence-electron chi connectivity index (χ4n) is 4.05. The molecule has 0 bridgehead atoms. The van der Waals surface area contributed by atoms with Crippen LogP contribution in [-0.2, 0) is 40.6 Å². The first-order valence-electron chi connectivity index (χ1n) is 11.4. The van der Waals surface area contributed by atoms with E-state index in [2.05, 4.69) is 5.32 Å². The van der Waals surface area contributed by atoms with Crippen LogP contribution in [0.1, 0.15) is 35.1 Å². The molecule has 0 saturated carbocycles. The highest BCUT2D eigenvalue weighted by Crippen LogP contribution is 2.29. The number of rotatable bonds is 10. The second kappa shape index (κ2) is 10.7. The van der Waals surface area contributed by atoms with E-state index >= 15 is 0 Å². The Morgan fingerprint density at radius 1 is 0.912 bits per heavy atom. The lowest BCUT2D eigenvalue weighted by molar-refractivity contribution is -0.120. The number of sulfone groups is 1. The maximum absolute atomic E-state index is 12.7. The zero-order chi connectivity index (χ0) is 24.0. The Hall–Kier alpha value is -3.32. The van der Waals surface area contributed by atoms with Gasteiger partial charge in [-0.25, -0.2) is 8.42 Å². The van der Waals surface area contributed by atoms with Crippen LogP contribution < -0.4 is 14.8 Å². The smallest absolute Gasteiger partial charge is 0.221 e. The monoisotopic (exact) mass is 479 g/mol. The number of carbonyl (C=O) groups is 1. The molecule has 34 heavy (non-hydrogen) atoms. The van der Waals surface area contributed by atoms with Gasteiger partial charge in [0.25, 0.3) is 0 Å². The van der Waals surface area contributed by atoms with Crippen molar-refractivity contribution in [2.75, 3.05) is 12.9 Å². The minimum atomic E-state index is -3.50. The lowest BCUT2D eigenvalue weighted by Gasteiger charge is -2.13. The summed E-state index contributed by atoms with van der Waals surface area (Å²) in [6.45, 7) is 0.693. The van der Waals surface area contributed by atoms with Gasteiger partial charge in [-0.2, -0.15) is 0 Å². The highest BCUT2D eigenvalue weighted by atomic mass is 32.2. The van der Waals surface area contributed by atoms with E-state index in [-0.39, 0.29) is 24.6 Å². The molecule has 3 aromatic rings. The number of amides is 1. The molecule has 1 aliphatic rings. The predicted molar refractivity (Wildman–Crippen MR) is 131 cm³/mol. The van der Waals surface area contributed by atoms with Crippen LogP contribution in [0.3, 0.4) is 0 Å². The standard InChI is InChI=1S/C27H29NO5S/c1-32-26-16-21(10-13-25(26)33-19-20-6-3-2-4-7-20)18-28-27(29)14-15-34(30,31)24-12-11-22-8-5-9-23(22)17-24/h2-4,6-7,10-13,16-17H,5,8-9,14-15,18-19H2,1H3,(H,28,29). The second-order valence-electron chi connectivity index (χ2n) is 8.39. The summed E-state index contributed by atoms with van der Waals surface area (Å²) in [4.78, 5) is 12.6. The number of ether oxygens (including phenoxy) is 2. The molecule has 6 nitrogen and oxygen atoms in total. The Morgan fingerprint density at radius 2 is 1.71 bits per heavy atom. The molecule has 1 N–H and O–H groups in total. The third-order valence-corrected chi connectivity index (χ3v) is 7.70.